The molecule has 0 unspecified atom stereocenters. The first-order chi connectivity index (χ1) is 13.5. The third kappa shape index (κ3) is 3.58. The van der Waals surface area contributed by atoms with Crippen molar-refractivity contribution >= 4 is 50.8 Å². The molecule has 1 aliphatic carbocycles. The van der Waals surface area contributed by atoms with E-state index < -0.39 is 0 Å². The molecule has 3 aromatic rings. The summed E-state index contributed by atoms with van der Waals surface area (Å²) in [5, 5.41) is 9.75. The molecule has 0 radical (unpaired) electrons. The fraction of sp³-hybridized carbons (Fsp3) is 0.400. The number of H-pyrrole nitrogens is 1. The summed E-state index contributed by atoms with van der Waals surface area (Å²) >= 11 is 2.79. The average Bonchev–Trinajstić information content (AvgIpc) is 3.31. The van der Waals surface area contributed by atoms with Gasteiger partial charge in [-0.1, -0.05) is 48.2 Å². The number of Topliss-reactive ketones (excluding diaryl/α,β-unsaturated/α-hetero) is 1. The molecular formula is C20H22N4O2S2. The van der Waals surface area contributed by atoms with Gasteiger partial charge in [-0.05, 0) is 32.8 Å². The van der Waals surface area contributed by atoms with Gasteiger partial charge in [-0.25, -0.2) is 0 Å². The van der Waals surface area contributed by atoms with Crippen LogP contribution >= 0.6 is 23.1 Å². The molecule has 6 nitrogen and oxygen atoms in total. The van der Waals surface area contributed by atoms with Crippen molar-refractivity contribution in [3.63, 3.8) is 0 Å². The van der Waals surface area contributed by atoms with E-state index in [0.717, 1.165) is 35.0 Å². The Balaban J connectivity index is 1.53. The zero-order chi connectivity index (χ0) is 19.8. The number of rotatable bonds is 7. The van der Waals surface area contributed by atoms with Gasteiger partial charge in [0, 0.05) is 34.6 Å². The number of para-hydroxylation sites is 1. The highest BCUT2D eigenvalue weighted by molar-refractivity contribution is 8.02. The summed E-state index contributed by atoms with van der Waals surface area (Å²) in [6, 6.07) is 8.10. The van der Waals surface area contributed by atoms with Crippen molar-refractivity contribution in [2.45, 2.75) is 55.7 Å². The van der Waals surface area contributed by atoms with Gasteiger partial charge in [-0.2, -0.15) is 0 Å². The predicted octanol–water partition coefficient (Wildman–Crippen LogP) is 4.60. The van der Waals surface area contributed by atoms with Crippen molar-refractivity contribution in [3.05, 3.63) is 35.5 Å². The first-order valence-electron chi connectivity index (χ1n) is 9.43. The first kappa shape index (κ1) is 19.1. The van der Waals surface area contributed by atoms with E-state index in [1.54, 1.807) is 4.90 Å². The first-order valence-corrected chi connectivity index (χ1v) is 11.1. The molecule has 8 heteroatoms. The number of thioether (sulfide) groups is 1. The van der Waals surface area contributed by atoms with E-state index in [-0.39, 0.29) is 23.0 Å². The summed E-state index contributed by atoms with van der Waals surface area (Å²) in [5.74, 6) is 0.147. The van der Waals surface area contributed by atoms with E-state index in [0.29, 0.717) is 15.9 Å². The van der Waals surface area contributed by atoms with Gasteiger partial charge in [0.25, 0.3) is 0 Å². The van der Waals surface area contributed by atoms with E-state index in [1.165, 1.54) is 23.1 Å². The van der Waals surface area contributed by atoms with E-state index >= 15 is 0 Å². The quantitative estimate of drug-likeness (QED) is 0.347. The highest BCUT2D eigenvalue weighted by atomic mass is 32.2. The molecule has 0 bridgehead atoms. The molecule has 1 amide bonds. The number of hydrogen-bond acceptors (Lipinski definition) is 6. The lowest BCUT2D eigenvalue weighted by atomic mass is 10.1. The molecule has 1 N–H and O–H groups in total. The number of hydrogen-bond donors (Lipinski definition) is 1. The number of aromatic amines is 1. The lowest BCUT2D eigenvalue weighted by molar-refractivity contribution is -0.118. The maximum atomic E-state index is 13.1. The highest BCUT2D eigenvalue weighted by Crippen LogP contribution is 2.38. The third-order valence-electron chi connectivity index (χ3n) is 4.87. The van der Waals surface area contributed by atoms with Crippen LogP contribution in [0.1, 0.15) is 49.2 Å². The number of anilines is 1. The zero-order valence-electron chi connectivity index (χ0n) is 16.1. The van der Waals surface area contributed by atoms with Gasteiger partial charge in [0.1, 0.15) is 0 Å². The van der Waals surface area contributed by atoms with Crippen LogP contribution in [0.5, 0.6) is 0 Å². The molecule has 1 atom stereocenters. The molecule has 4 rings (SSSR count). The molecule has 1 aliphatic rings. The SMILES string of the molecule is CCC(=O)N(c1nnc(S[C@H](C)C(=O)c2c(C)[nH]c3ccccc23)s1)C1CC1. The van der Waals surface area contributed by atoms with Crippen molar-refractivity contribution in [3.8, 4) is 0 Å². The molecule has 1 aromatic carbocycles. The summed E-state index contributed by atoms with van der Waals surface area (Å²) in [4.78, 5) is 30.4. The van der Waals surface area contributed by atoms with Crippen LogP contribution in [0.3, 0.4) is 0 Å². The lowest BCUT2D eigenvalue weighted by Gasteiger charge is -2.17. The monoisotopic (exact) mass is 414 g/mol. The molecule has 2 heterocycles. The second-order valence-electron chi connectivity index (χ2n) is 6.99. The minimum atomic E-state index is -0.296. The normalized spacial score (nSPS) is 15.0. The van der Waals surface area contributed by atoms with Crippen LogP contribution in [0.15, 0.2) is 28.6 Å². The van der Waals surface area contributed by atoms with E-state index in [4.69, 9.17) is 0 Å². The summed E-state index contributed by atoms with van der Waals surface area (Å²) in [6.45, 7) is 5.68. The second-order valence-corrected chi connectivity index (χ2v) is 9.54. The van der Waals surface area contributed by atoms with Crippen LogP contribution in [0.4, 0.5) is 5.13 Å². The molecule has 146 valence electrons. The predicted molar refractivity (Wildman–Crippen MR) is 113 cm³/mol. The van der Waals surface area contributed by atoms with E-state index in [2.05, 4.69) is 15.2 Å². The number of benzene rings is 1. The number of nitrogens with zero attached hydrogens (tertiary/aromatic N) is 3. The van der Waals surface area contributed by atoms with E-state index in [1.807, 2.05) is 45.0 Å². The number of aryl methyl sites for hydroxylation is 1. The van der Waals surface area contributed by atoms with Crippen molar-refractivity contribution < 1.29 is 9.59 Å². The Bertz CT molecular complexity index is 1040. The summed E-state index contributed by atoms with van der Waals surface area (Å²) < 4.78 is 0.711. The van der Waals surface area contributed by atoms with Crippen molar-refractivity contribution in [1.82, 2.24) is 15.2 Å². The smallest absolute Gasteiger partial charge is 0.228 e. The summed E-state index contributed by atoms with van der Waals surface area (Å²) in [7, 11) is 0. The Morgan fingerprint density at radius 3 is 2.79 bits per heavy atom. The molecule has 1 fully saturated rings. The number of carbonyl (C=O) groups excluding carboxylic acids is 2. The van der Waals surface area contributed by atoms with Gasteiger partial charge in [0.05, 0.1) is 5.25 Å². The van der Waals surface area contributed by atoms with Crippen LogP contribution in [0.25, 0.3) is 10.9 Å². The Morgan fingerprint density at radius 2 is 2.07 bits per heavy atom. The summed E-state index contributed by atoms with van der Waals surface area (Å²) in [5.41, 5.74) is 2.59. The fourth-order valence-corrected chi connectivity index (χ4v) is 5.45. The van der Waals surface area contributed by atoms with Gasteiger partial charge in [-0.3, -0.25) is 14.5 Å². The van der Waals surface area contributed by atoms with Gasteiger partial charge in [0.15, 0.2) is 10.1 Å². The summed E-state index contributed by atoms with van der Waals surface area (Å²) in [6.07, 6.45) is 2.48. The van der Waals surface area contributed by atoms with Gasteiger partial charge < -0.3 is 4.98 Å². The molecule has 0 aliphatic heterocycles. The molecule has 0 saturated heterocycles. The van der Waals surface area contributed by atoms with Crippen LogP contribution in [0, 0.1) is 6.92 Å². The Morgan fingerprint density at radius 1 is 1.32 bits per heavy atom. The molecule has 1 saturated carbocycles. The van der Waals surface area contributed by atoms with Crippen LogP contribution in [-0.4, -0.2) is 38.2 Å². The van der Waals surface area contributed by atoms with Crippen molar-refractivity contribution in [1.29, 1.82) is 0 Å². The molecule has 28 heavy (non-hydrogen) atoms. The van der Waals surface area contributed by atoms with E-state index in [9.17, 15) is 9.59 Å². The van der Waals surface area contributed by atoms with Crippen LogP contribution in [0.2, 0.25) is 0 Å². The maximum absolute atomic E-state index is 13.1. The van der Waals surface area contributed by atoms with Crippen LogP contribution < -0.4 is 4.90 Å². The standard InChI is InChI=1S/C20H22N4O2S2/c1-4-16(25)24(13-9-10-13)19-22-23-20(28-19)27-12(3)18(26)17-11(2)21-15-8-6-5-7-14(15)17/h5-8,12-13,21H,4,9-10H2,1-3H3/t12-/m1/s1. The topological polar surface area (TPSA) is 79.0 Å². The van der Waals surface area contributed by atoms with Gasteiger partial charge >= 0.3 is 0 Å². The fourth-order valence-electron chi connectivity index (χ4n) is 3.32. The minimum Gasteiger partial charge on any atom is -0.358 e. The molecule has 0 spiro atoms. The van der Waals surface area contributed by atoms with Crippen molar-refractivity contribution in [2.24, 2.45) is 0 Å². The Labute approximate surface area is 171 Å². The third-order valence-corrected chi connectivity index (χ3v) is 6.98. The molecular weight excluding hydrogens is 392 g/mol. The largest absolute Gasteiger partial charge is 0.358 e. The minimum absolute atomic E-state index is 0.0698. The Kier molecular flexibility index (Phi) is 5.25. The Hall–Kier alpha value is -2.19. The zero-order valence-corrected chi connectivity index (χ0v) is 17.7. The number of ketones is 1. The molecule has 2 aromatic heterocycles. The second kappa shape index (κ2) is 7.67. The number of fused-ring (bicyclic) bond motifs is 1. The lowest BCUT2D eigenvalue weighted by Crippen LogP contribution is -2.32. The number of carbonyl (C=O) groups is 2. The number of nitrogens with one attached hydrogen (secondary N) is 1. The number of aromatic nitrogens is 3. The maximum Gasteiger partial charge on any atom is 0.228 e. The van der Waals surface area contributed by atoms with Crippen LogP contribution in [-0.2, 0) is 4.79 Å². The highest BCUT2D eigenvalue weighted by Gasteiger charge is 2.35. The van der Waals surface area contributed by atoms with Crippen molar-refractivity contribution in [2.75, 3.05) is 4.90 Å². The van der Waals surface area contributed by atoms with Gasteiger partial charge in [0.2, 0.25) is 11.0 Å². The average molecular weight is 415 g/mol. The van der Waals surface area contributed by atoms with Gasteiger partial charge in [-0.15, -0.1) is 10.2 Å². The number of amides is 1.